The van der Waals surface area contributed by atoms with Crippen molar-refractivity contribution in [2.75, 3.05) is 26.5 Å². The highest BCUT2D eigenvalue weighted by atomic mass is 32.2. The van der Waals surface area contributed by atoms with E-state index in [0.717, 1.165) is 17.7 Å². The molecule has 2 rings (SSSR count). The summed E-state index contributed by atoms with van der Waals surface area (Å²) in [5.74, 6) is 1.07. The fourth-order valence-corrected chi connectivity index (χ4v) is 3.33. The number of hydrogen-bond acceptors (Lipinski definition) is 4. The smallest absolute Gasteiger partial charge is 0.387 e. The largest absolute Gasteiger partial charge is 0.493 e. The van der Waals surface area contributed by atoms with Gasteiger partial charge in [-0.05, 0) is 42.0 Å². The second-order valence-electron chi connectivity index (χ2n) is 5.97. The zero-order chi connectivity index (χ0) is 20.4. The summed E-state index contributed by atoms with van der Waals surface area (Å²) in [6, 6.07) is 14.5. The summed E-state index contributed by atoms with van der Waals surface area (Å²) < 4.78 is 34.2. The normalized spacial score (nSPS) is 10.6. The lowest BCUT2D eigenvalue weighted by molar-refractivity contribution is -0.0512. The van der Waals surface area contributed by atoms with Crippen molar-refractivity contribution in [2.24, 2.45) is 0 Å². The minimum Gasteiger partial charge on any atom is -0.493 e. The lowest BCUT2D eigenvalue weighted by Crippen LogP contribution is -2.37. The van der Waals surface area contributed by atoms with Crippen molar-refractivity contribution in [1.82, 2.24) is 10.2 Å². The molecule has 152 valence electrons. The number of nitrogens with zero attached hydrogens (tertiary/aromatic N) is 1. The fraction of sp³-hybridized carbons (Fsp3) is 0.350. The van der Waals surface area contributed by atoms with Crippen LogP contribution < -0.4 is 14.8 Å². The molecule has 0 aliphatic heterocycles. The molecular weight excluding hydrogens is 386 g/mol. The van der Waals surface area contributed by atoms with E-state index in [0.29, 0.717) is 13.1 Å². The van der Waals surface area contributed by atoms with E-state index in [9.17, 15) is 13.6 Å². The molecule has 0 aliphatic carbocycles. The summed E-state index contributed by atoms with van der Waals surface area (Å²) in [5.41, 5.74) is 0.746. The number of carbonyl (C=O) groups excluding carboxylic acids is 1. The first-order chi connectivity index (χ1) is 13.5. The van der Waals surface area contributed by atoms with Crippen LogP contribution in [0.25, 0.3) is 0 Å². The van der Waals surface area contributed by atoms with E-state index in [2.05, 4.69) is 22.2 Å². The average Bonchev–Trinajstić information content (AvgIpc) is 2.69. The van der Waals surface area contributed by atoms with Crippen LogP contribution in [0.1, 0.15) is 12.0 Å². The lowest BCUT2D eigenvalue weighted by atomic mass is 10.2. The molecular formula is C20H24F2N2O3S. The van der Waals surface area contributed by atoms with Gasteiger partial charge in [0.05, 0.1) is 7.11 Å². The minimum absolute atomic E-state index is 0.0377. The monoisotopic (exact) mass is 410 g/mol. The van der Waals surface area contributed by atoms with Crippen molar-refractivity contribution in [1.29, 1.82) is 0 Å². The Morgan fingerprint density at radius 1 is 1.18 bits per heavy atom. The number of carbonyl (C=O) groups is 1. The minimum atomic E-state index is -2.92. The van der Waals surface area contributed by atoms with Gasteiger partial charge in [0, 0.05) is 25.0 Å². The highest BCUT2D eigenvalue weighted by Crippen LogP contribution is 2.29. The fourth-order valence-electron chi connectivity index (χ4n) is 2.46. The Bertz CT molecular complexity index is 747. The quantitative estimate of drug-likeness (QED) is 0.459. The van der Waals surface area contributed by atoms with E-state index in [1.807, 2.05) is 18.2 Å². The van der Waals surface area contributed by atoms with Crippen molar-refractivity contribution in [2.45, 2.75) is 24.5 Å². The molecule has 2 aromatic rings. The molecule has 5 nitrogen and oxygen atoms in total. The molecule has 2 aromatic carbocycles. The van der Waals surface area contributed by atoms with Gasteiger partial charge in [0.2, 0.25) is 0 Å². The SMILES string of the molecule is COc1cc(CN(C)C(=O)NCCCSc2ccccc2)ccc1OC(F)F. The Balaban J connectivity index is 1.75. The van der Waals surface area contributed by atoms with Crippen molar-refractivity contribution < 1.29 is 23.0 Å². The van der Waals surface area contributed by atoms with Crippen molar-refractivity contribution in [3.8, 4) is 11.5 Å². The zero-order valence-electron chi connectivity index (χ0n) is 15.9. The number of nitrogens with one attached hydrogen (secondary N) is 1. The lowest BCUT2D eigenvalue weighted by Gasteiger charge is -2.19. The third-order valence-corrected chi connectivity index (χ3v) is 4.92. The van der Waals surface area contributed by atoms with Crippen molar-refractivity contribution >= 4 is 17.8 Å². The molecule has 8 heteroatoms. The predicted molar refractivity (Wildman–Crippen MR) is 106 cm³/mol. The Kier molecular flexibility index (Phi) is 8.87. The van der Waals surface area contributed by atoms with Gasteiger partial charge in [0.15, 0.2) is 11.5 Å². The number of thioether (sulfide) groups is 1. The molecule has 0 unspecified atom stereocenters. The van der Waals surface area contributed by atoms with Gasteiger partial charge in [-0.1, -0.05) is 24.3 Å². The topological polar surface area (TPSA) is 50.8 Å². The van der Waals surface area contributed by atoms with Gasteiger partial charge in [-0.15, -0.1) is 11.8 Å². The molecule has 28 heavy (non-hydrogen) atoms. The van der Waals surface area contributed by atoms with Crippen LogP contribution in [0, 0.1) is 0 Å². The van der Waals surface area contributed by atoms with E-state index >= 15 is 0 Å². The van der Waals surface area contributed by atoms with E-state index in [1.165, 1.54) is 23.0 Å². The molecule has 0 saturated carbocycles. The molecule has 0 fully saturated rings. The molecule has 0 bridgehead atoms. The van der Waals surface area contributed by atoms with Gasteiger partial charge >= 0.3 is 12.6 Å². The van der Waals surface area contributed by atoms with E-state index in [1.54, 1.807) is 30.9 Å². The highest BCUT2D eigenvalue weighted by molar-refractivity contribution is 7.99. The number of methoxy groups -OCH3 is 1. The Labute approximate surface area is 168 Å². The third-order valence-electron chi connectivity index (χ3n) is 3.82. The van der Waals surface area contributed by atoms with Gasteiger partial charge in [-0.25, -0.2) is 4.79 Å². The number of urea groups is 1. The van der Waals surface area contributed by atoms with Gasteiger partial charge in [-0.2, -0.15) is 8.78 Å². The maximum absolute atomic E-state index is 12.4. The second kappa shape index (κ2) is 11.4. The summed E-state index contributed by atoms with van der Waals surface area (Å²) >= 11 is 1.75. The molecule has 0 saturated heterocycles. The molecule has 1 N–H and O–H groups in total. The average molecular weight is 410 g/mol. The molecule has 0 atom stereocenters. The molecule has 0 radical (unpaired) electrons. The van der Waals surface area contributed by atoms with Crippen LogP contribution in [0.2, 0.25) is 0 Å². The van der Waals surface area contributed by atoms with Gasteiger partial charge in [-0.3, -0.25) is 0 Å². The maximum atomic E-state index is 12.4. The van der Waals surface area contributed by atoms with E-state index < -0.39 is 6.61 Å². The van der Waals surface area contributed by atoms with Crippen LogP contribution in [-0.4, -0.2) is 44.0 Å². The summed E-state index contributed by atoms with van der Waals surface area (Å²) in [6.07, 6.45) is 0.854. The Hall–Kier alpha value is -2.48. The number of benzene rings is 2. The van der Waals surface area contributed by atoms with Gasteiger partial charge in [0.1, 0.15) is 0 Å². The number of halogens is 2. The number of amides is 2. The summed E-state index contributed by atoms with van der Waals surface area (Å²) in [5, 5.41) is 2.87. The maximum Gasteiger partial charge on any atom is 0.387 e. The molecule has 0 heterocycles. The van der Waals surface area contributed by atoms with Crippen LogP contribution in [0.15, 0.2) is 53.4 Å². The molecule has 0 aliphatic rings. The first-order valence-corrected chi connectivity index (χ1v) is 9.76. The van der Waals surface area contributed by atoms with Crippen LogP contribution in [0.3, 0.4) is 0 Å². The number of ether oxygens (including phenoxy) is 2. The Morgan fingerprint density at radius 2 is 1.93 bits per heavy atom. The van der Waals surface area contributed by atoms with Gasteiger partial charge in [0.25, 0.3) is 0 Å². The van der Waals surface area contributed by atoms with Gasteiger partial charge < -0.3 is 19.7 Å². The summed E-state index contributed by atoms with van der Waals surface area (Å²) in [7, 11) is 3.05. The first kappa shape index (κ1) is 21.8. The number of alkyl halides is 2. The highest BCUT2D eigenvalue weighted by Gasteiger charge is 2.13. The third kappa shape index (κ3) is 7.26. The zero-order valence-corrected chi connectivity index (χ0v) is 16.7. The van der Waals surface area contributed by atoms with E-state index in [-0.39, 0.29) is 17.5 Å². The number of hydrogen-bond donors (Lipinski definition) is 1. The summed E-state index contributed by atoms with van der Waals surface area (Å²) in [4.78, 5) is 14.9. The molecule has 2 amide bonds. The van der Waals surface area contributed by atoms with Crippen molar-refractivity contribution in [3.05, 3.63) is 54.1 Å². The van der Waals surface area contributed by atoms with Crippen LogP contribution in [0.4, 0.5) is 13.6 Å². The Morgan fingerprint density at radius 3 is 2.61 bits per heavy atom. The summed E-state index contributed by atoms with van der Waals surface area (Å²) in [6.45, 7) is -2.03. The predicted octanol–water partition coefficient (Wildman–Crippen LogP) is 4.62. The molecule has 0 spiro atoms. The second-order valence-corrected chi connectivity index (χ2v) is 7.14. The standard InChI is InChI=1S/C20H24F2N2O3S/c1-24(14-15-9-10-17(27-19(21)22)18(13-15)26-2)20(25)23-11-6-12-28-16-7-4-3-5-8-16/h3-5,7-10,13,19H,6,11-12,14H2,1-2H3,(H,23,25). The van der Waals surface area contributed by atoms with Crippen molar-refractivity contribution in [3.63, 3.8) is 0 Å². The van der Waals surface area contributed by atoms with E-state index in [4.69, 9.17) is 4.74 Å². The number of rotatable bonds is 10. The van der Waals surface area contributed by atoms with Crippen LogP contribution >= 0.6 is 11.8 Å². The first-order valence-electron chi connectivity index (χ1n) is 8.78. The van der Waals surface area contributed by atoms with Crippen LogP contribution in [-0.2, 0) is 6.54 Å². The van der Waals surface area contributed by atoms with Crippen LogP contribution in [0.5, 0.6) is 11.5 Å². The molecule has 0 aromatic heterocycles.